The summed E-state index contributed by atoms with van der Waals surface area (Å²) in [5.74, 6) is 2.51. The van der Waals surface area contributed by atoms with Gasteiger partial charge in [0.05, 0.1) is 0 Å². The fraction of sp³-hybridized carbons (Fsp3) is 1.00. The molecular weight excluding hydrogens is 230 g/mol. The van der Waals surface area contributed by atoms with E-state index in [0.717, 1.165) is 17.8 Å². The third kappa shape index (κ3) is 3.97. The van der Waals surface area contributed by atoms with E-state index in [1.54, 1.807) is 0 Å². The molecule has 1 nitrogen and oxygen atoms in total. The van der Waals surface area contributed by atoms with E-state index in [4.69, 9.17) is 0 Å². The second-order valence-corrected chi connectivity index (χ2v) is 6.93. The number of nitrogens with one attached hydrogen (secondary N) is 1. The van der Waals surface area contributed by atoms with Gasteiger partial charge >= 0.3 is 0 Å². The van der Waals surface area contributed by atoms with Gasteiger partial charge < -0.3 is 5.32 Å². The van der Waals surface area contributed by atoms with Gasteiger partial charge in [0.1, 0.15) is 0 Å². The minimum absolute atomic E-state index is 0.395. The molecule has 3 unspecified atom stereocenters. The first-order chi connectivity index (χ1) is 9.12. The fourth-order valence-corrected chi connectivity index (χ4v) is 4.48. The van der Waals surface area contributed by atoms with E-state index >= 15 is 0 Å². The first-order valence-corrected chi connectivity index (χ1v) is 8.81. The summed E-state index contributed by atoms with van der Waals surface area (Å²) in [6.45, 7) is 9.70. The molecule has 1 saturated carbocycles. The van der Waals surface area contributed by atoms with Gasteiger partial charge in [-0.05, 0) is 44.1 Å². The molecule has 19 heavy (non-hydrogen) atoms. The SMILES string of the molecule is CCCC(C(C)CC)[C@@]1(NC)CCCCCCC1C. The zero-order chi connectivity index (χ0) is 14.3. The van der Waals surface area contributed by atoms with Gasteiger partial charge in [0.2, 0.25) is 0 Å². The maximum absolute atomic E-state index is 3.84. The molecule has 1 heteroatoms. The van der Waals surface area contributed by atoms with E-state index in [-0.39, 0.29) is 0 Å². The third-order valence-electron chi connectivity index (χ3n) is 5.91. The quantitative estimate of drug-likeness (QED) is 0.679. The van der Waals surface area contributed by atoms with E-state index in [0.29, 0.717) is 5.54 Å². The Kier molecular flexibility index (Phi) is 7.42. The van der Waals surface area contributed by atoms with Gasteiger partial charge in [-0.25, -0.2) is 0 Å². The summed E-state index contributed by atoms with van der Waals surface area (Å²) in [5.41, 5.74) is 0.395. The zero-order valence-corrected chi connectivity index (χ0v) is 14.1. The Hall–Kier alpha value is -0.0400. The van der Waals surface area contributed by atoms with Crippen LogP contribution in [0.1, 0.15) is 85.5 Å². The van der Waals surface area contributed by atoms with Crippen molar-refractivity contribution >= 4 is 0 Å². The topological polar surface area (TPSA) is 12.0 Å². The number of hydrogen-bond acceptors (Lipinski definition) is 1. The molecule has 0 amide bonds. The lowest BCUT2D eigenvalue weighted by molar-refractivity contribution is 0.0658. The minimum Gasteiger partial charge on any atom is -0.314 e. The van der Waals surface area contributed by atoms with Crippen LogP contribution < -0.4 is 5.32 Å². The van der Waals surface area contributed by atoms with Crippen molar-refractivity contribution in [3.05, 3.63) is 0 Å². The van der Waals surface area contributed by atoms with E-state index in [1.807, 2.05) is 0 Å². The molecule has 0 heterocycles. The van der Waals surface area contributed by atoms with Crippen LogP contribution in [0.4, 0.5) is 0 Å². The molecule has 0 spiro atoms. The highest BCUT2D eigenvalue weighted by atomic mass is 15.0. The van der Waals surface area contributed by atoms with Crippen molar-refractivity contribution in [1.82, 2.24) is 5.32 Å². The van der Waals surface area contributed by atoms with Gasteiger partial charge in [-0.2, -0.15) is 0 Å². The summed E-state index contributed by atoms with van der Waals surface area (Å²) in [7, 11) is 2.23. The molecule has 1 rings (SSSR count). The summed E-state index contributed by atoms with van der Waals surface area (Å²) in [6.07, 6.45) is 12.6. The van der Waals surface area contributed by atoms with Crippen molar-refractivity contribution in [2.75, 3.05) is 7.05 Å². The molecule has 0 saturated heterocycles. The molecule has 0 aliphatic heterocycles. The molecule has 1 aliphatic rings. The van der Waals surface area contributed by atoms with Crippen molar-refractivity contribution in [2.45, 2.75) is 91.0 Å². The van der Waals surface area contributed by atoms with Crippen LogP contribution in [-0.4, -0.2) is 12.6 Å². The highest BCUT2D eigenvalue weighted by Crippen LogP contribution is 2.42. The Morgan fingerprint density at radius 1 is 1.16 bits per heavy atom. The van der Waals surface area contributed by atoms with Gasteiger partial charge in [0.25, 0.3) is 0 Å². The Labute approximate surface area is 121 Å². The Balaban J connectivity index is 2.98. The second kappa shape index (κ2) is 8.29. The lowest BCUT2D eigenvalue weighted by Crippen LogP contribution is -2.56. The normalized spacial score (nSPS) is 32.4. The smallest absolute Gasteiger partial charge is 0.0234 e. The Morgan fingerprint density at radius 2 is 1.84 bits per heavy atom. The maximum Gasteiger partial charge on any atom is 0.0234 e. The van der Waals surface area contributed by atoms with Gasteiger partial charge in [-0.15, -0.1) is 0 Å². The first-order valence-electron chi connectivity index (χ1n) is 8.81. The number of hydrogen-bond donors (Lipinski definition) is 1. The zero-order valence-electron chi connectivity index (χ0n) is 14.1. The predicted octanol–water partition coefficient (Wildman–Crippen LogP) is 5.40. The van der Waals surface area contributed by atoms with Crippen LogP contribution in [0.15, 0.2) is 0 Å². The minimum atomic E-state index is 0.395. The molecule has 0 aromatic heterocycles. The number of rotatable bonds is 6. The molecular formula is C18H37N. The average Bonchev–Trinajstić information content (AvgIpc) is 2.41. The average molecular weight is 268 g/mol. The van der Waals surface area contributed by atoms with Gasteiger partial charge in [0, 0.05) is 5.54 Å². The van der Waals surface area contributed by atoms with Crippen LogP contribution >= 0.6 is 0 Å². The van der Waals surface area contributed by atoms with Gasteiger partial charge in [-0.3, -0.25) is 0 Å². The largest absolute Gasteiger partial charge is 0.314 e. The summed E-state index contributed by atoms with van der Waals surface area (Å²) >= 11 is 0. The molecule has 0 aromatic carbocycles. The van der Waals surface area contributed by atoms with Crippen molar-refractivity contribution in [2.24, 2.45) is 17.8 Å². The van der Waals surface area contributed by atoms with Crippen LogP contribution in [0.2, 0.25) is 0 Å². The van der Waals surface area contributed by atoms with Crippen molar-refractivity contribution < 1.29 is 0 Å². The maximum atomic E-state index is 3.84. The van der Waals surface area contributed by atoms with Crippen molar-refractivity contribution in [3.63, 3.8) is 0 Å². The molecule has 4 atom stereocenters. The van der Waals surface area contributed by atoms with Crippen LogP contribution in [-0.2, 0) is 0 Å². The van der Waals surface area contributed by atoms with Gasteiger partial charge in [0.15, 0.2) is 0 Å². The van der Waals surface area contributed by atoms with Crippen molar-refractivity contribution in [1.29, 1.82) is 0 Å². The second-order valence-electron chi connectivity index (χ2n) is 6.93. The Bertz CT molecular complexity index is 238. The summed E-state index contributed by atoms with van der Waals surface area (Å²) in [4.78, 5) is 0. The highest BCUT2D eigenvalue weighted by molar-refractivity contribution is 4.99. The third-order valence-corrected chi connectivity index (χ3v) is 5.91. The van der Waals surface area contributed by atoms with Crippen LogP contribution in [0.5, 0.6) is 0 Å². The molecule has 1 aliphatic carbocycles. The lowest BCUT2D eigenvalue weighted by Gasteiger charge is -2.49. The van der Waals surface area contributed by atoms with E-state index in [9.17, 15) is 0 Å². The van der Waals surface area contributed by atoms with Crippen LogP contribution in [0, 0.1) is 17.8 Å². The lowest BCUT2D eigenvalue weighted by atomic mass is 9.63. The van der Waals surface area contributed by atoms with Crippen LogP contribution in [0.25, 0.3) is 0 Å². The fourth-order valence-electron chi connectivity index (χ4n) is 4.48. The molecule has 1 N–H and O–H groups in total. The standard InChI is InChI=1S/C18H37N/c1-6-12-17(15(3)7-2)18(19-5)14-11-9-8-10-13-16(18)4/h15-17,19H,6-14H2,1-5H3/t15?,16?,17?,18-/m1/s1. The monoisotopic (exact) mass is 267 g/mol. The Morgan fingerprint density at radius 3 is 2.42 bits per heavy atom. The summed E-state index contributed by atoms with van der Waals surface area (Å²) < 4.78 is 0. The highest BCUT2D eigenvalue weighted by Gasteiger charge is 2.43. The van der Waals surface area contributed by atoms with E-state index in [2.05, 4.69) is 40.1 Å². The molecule has 1 fully saturated rings. The molecule has 114 valence electrons. The first kappa shape index (κ1) is 17.0. The molecule has 0 aromatic rings. The van der Waals surface area contributed by atoms with E-state index in [1.165, 1.54) is 57.8 Å². The van der Waals surface area contributed by atoms with Gasteiger partial charge in [-0.1, -0.05) is 66.2 Å². The summed E-state index contributed by atoms with van der Waals surface area (Å²) in [5, 5.41) is 3.84. The molecule has 0 bridgehead atoms. The van der Waals surface area contributed by atoms with Crippen LogP contribution in [0.3, 0.4) is 0 Å². The van der Waals surface area contributed by atoms with E-state index < -0.39 is 0 Å². The summed E-state index contributed by atoms with van der Waals surface area (Å²) in [6, 6.07) is 0. The molecule has 0 radical (unpaired) electrons. The predicted molar refractivity (Wildman–Crippen MR) is 86.5 cm³/mol. The van der Waals surface area contributed by atoms with Crippen molar-refractivity contribution in [3.8, 4) is 0 Å².